The van der Waals surface area contributed by atoms with Gasteiger partial charge < -0.3 is 10.2 Å². The van der Waals surface area contributed by atoms with Crippen LogP contribution in [0.2, 0.25) is 0 Å². The van der Waals surface area contributed by atoms with Gasteiger partial charge in [-0.05, 0) is 47.9 Å². The van der Waals surface area contributed by atoms with Crippen molar-refractivity contribution in [3.63, 3.8) is 0 Å². The van der Waals surface area contributed by atoms with Crippen LogP contribution in [-0.2, 0) is 16.4 Å². The minimum Gasteiger partial charge on any atom is -0.363 e. The summed E-state index contributed by atoms with van der Waals surface area (Å²) in [5.74, 6) is 0.325. The molecule has 1 aliphatic carbocycles. The fourth-order valence-corrected chi connectivity index (χ4v) is 5.49. The van der Waals surface area contributed by atoms with E-state index in [4.69, 9.17) is 6.57 Å². The van der Waals surface area contributed by atoms with Crippen LogP contribution in [0.25, 0.3) is 10.4 Å². The molecule has 0 saturated carbocycles. The van der Waals surface area contributed by atoms with Crippen molar-refractivity contribution in [2.24, 2.45) is 5.41 Å². The summed E-state index contributed by atoms with van der Waals surface area (Å²) in [4.78, 5) is 24.9. The number of nitrogens with zero attached hydrogens (tertiary/aromatic N) is 3. The maximum absolute atomic E-state index is 12.8. The molecule has 2 aromatic rings. The number of H-pyrrole nitrogens is 1. The Hall–Kier alpha value is -2.96. The third-order valence-corrected chi connectivity index (χ3v) is 8.00. The number of hydrogen-bond acceptors (Lipinski definition) is 5. The van der Waals surface area contributed by atoms with Gasteiger partial charge in [-0.3, -0.25) is 14.7 Å². The topological polar surface area (TPSA) is 99.5 Å². The quantitative estimate of drug-likeness (QED) is 0.647. The fraction of sp³-hybridized carbons (Fsp3) is 0.458. The second-order valence-corrected chi connectivity index (χ2v) is 11.9. The molecule has 0 atom stereocenters. The van der Waals surface area contributed by atoms with Crippen molar-refractivity contribution in [2.45, 2.75) is 39.7 Å². The Morgan fingerprint density at radius 3 is 2.70 bits per heavy atom. The van der Waals surface area contributed by atoms with Crippen LogP contribution in [0.1, 0.15) is 54.9 Å². The molecule has 0 unspecified atom stereocenters. The Labute approximate surface area is 194 Å². The molecular weight excluding hydrogens is 438 g/mol. The molecule has 2 N–H and O–H groups in total. The van der Waals surface area contributed by atoms with E-state index in [0.29, 0.717) is 25.3 Å². The molecule has 0 bridgehead atoms. The van der Waals surface area contributed by atoms with Crippen LogP contribution in [0, 0.1) is 12.0 Å². The Morgan fingerprint density at radius 2 is 2.06 bits per heavy atom. The Morgan fingerprint density at radius 1 is 1.30 bits per heavy atom. The first kappa shape index (κ1) is 23.2. The molecule has 1 aromatic carbocycles. The van der Waals surface area contributed by atoms with Crippen LogP contribution in [-0.4, -0.2) is 53.8 Å². The summed E-state index contributed by atoms with van der Waals surface area (Å²) < 4.78 is 23.5. The standard InChI is InChI=1S/C24H29N5O3S/c1-24(2)8-6-18(7-9-24)19-14-17(16-29-10-12-33(31,32)13-11-29)4-5-20(19)27-23(30)22-26-15-21(25-3)28-22/h4-6,14-15H,7-13,16H2,1-2H3,(H,26,28)(H,27,30). The number of allylic oxidation sites excluding steroid dienone is 2. The molecule has 2 aliphatic rings. The lowest BCUT2D eigenvalue weighted by molar-refractivity contribution is 0.101. The molecule has 1 aliphatic heterocycles. The zero-order chi connectivity index (χ0) is 23.6. The summed E-state index contributed by atoms with van der Waals surface area (Å²) in [6, 6.07) is 5.99. The highest BCUT2D eigenvalue weighted by Crippen LogP contribution is 2.40. The highest BCUT2D eigenvalue weighted by molar-refractivity contribution is 7.91. The third-order valence-electron chi connectivity index (χ3n) is 6.39. The number of hydrogen-bond donors (Lipinski definition) is 2. The number of sulfone groups is 1. The predicted molar refractivity (Wildman–Crippen MR) is 129 cm³/mol. The largest absolute Gasteiger partial charge is 0.363 e. The molecule has 9 heteroatoms. The molecule has 0 spiro atoms. The van der Waals surface area contributed by atoms with Crippen LogP contribution in [0.4, 0.5) is 11.5 Å². The van der Waals surface area contributed by atoms with Gasteiger partial charge in [-0.2, -0.15) is 0 Å². The molecular formula is C24H29N5O3S. The normalized spacial score (nSPS) is 20.0. The molecule has 174 valence electrons. The first-order valence-electron chi connectivity index (χ1n) is 11.1. The SMILES string of the molecule is [C-]#[N+]c1cnc(C(=O)Nc2ccc(CN3CCS(=O)(=O)CC3)cc2C2=CCC(C)(C)CC2)[nH]1. The molecule has 1 saturated heterocycles. The van der Waals surface area contributed by atoms with Crippen LogP contribution < -0.4 is 5.32 Å². The van der Waals surface area contributed by atoms with Crippen molar-refractivity contribution in [2.75, 3.05) is 29.9 Å². The van der Waals surface area contributed by atoms with E-state index in [2.05, 4.69) is 51.0 Å². The lowest BCUT2D eigenvalue weighted by Crippen LogP contribution is -2.39. The van der Waals surface area contributed by atoms with E-state index >= 15 is 0 Å². The van der Waals surface area contributed by atoms with E-state index in [1.165, 1.54) is 11.8 Å². The average Bonchev–Trinajstić information content (AvgIpc) is 3.26. The minimum atomic E-state index is -2.92. The van der Waals surface area contributed by atoms with Gasteiger partial charge >= 0.3 is 5.91 Å². The number of carbonyl (C=O) groups is 1. The zero-order valence-electron chi connectivity index (χ0n) is 19.0. The van der Waals surface area contributed by atoms with Crippen LogP contribution in [0.5, 0.6) is 0 Å². The zero-order valence-corrected chi connectivity index (χ0v) is 19.8. The Bertz CT molecular complexity index is 1220. The second-order valence-electron chi connectivity index (χ2n) is 9.59. The summed E-state index contributed by atoms with van der Waals surface area (Å²) in [5, 5.41) is 2.95. The lowest BCUT2D eigenvalue weighted by atomic mass is 9.76. The molecule has 1 amide bonds. The van der Waals surface area contributed by atoms with Crippen molar-refractivity contribution < 1.29 is 13.2 Å². The summed E-state index contributed by atoms with van der Waals surface area (Å²) in [6.07, 6.45) is 6.56. The number of anilines is 1. The van der Waals surface area contributed by atoms with E-state index in [1.54, 1.807) is 0 Å². The summed E-state index contributed by atoms with van der Waals surface area (Å²) in [5.41, 5.74) is 4.23. The summed E-state index contributed by atoms with van der Waals surface area (Å²) in [6.45, 7) is 13.3. The number of aromatic amines is 1. The number of aromatic nitrogens is 2. The molecule has 33 heavy (non-hydrogen) atoms. The Kier molecular flexibility index (Phi) is 6.41. The van der Waals surface area contributed by atoms with Crippen molar-refractivity contribution >= 4 is 32.8 Å². The van der Waals surface area contributed by atoms with Gasteiger partial charge in [-0.25, -0.2) is 13.4 Å². The van der Waals surface area contributed by atoms with Gasteiger partial charge in [-0.15, -0.1) is 0 Å². The van der Waals surface area contributed by atoms with E-state index < -0.39 is 15.7 Å². The predicted octanol–water partition coefficient (Wildman–Crippen LogP) is 4.04. The van der Waals surface area contributed by atoms with Crippen molar-refractivity contribution in [1.29, 1.82) is 0 Å². The molecule has 1 aromatic heterocycles. The van der Waals surface area contributed by atoms with Crippen LogP contribution in [0.15, 0.2) is 30.5 Å². The third kappa shape index (κ3) is 5.70. The highest BCUT2D eigenvalue weighted by atomic mass is 32.2. The number of carbonyl (C=O) groups excluding carboxylic acids is 1. The molecule has 8 nitrogen and oxygen atoms in total. The molecule has 4 rings (SSSR count). The number of amides is 1. The van der Waals surface area contributed by atoms with Gasteiger partial charge in [-0.1, -0.05) is 32.6 Å². The maximum atomic E-state index is 12.8. The van der Waals surface area contributed by atoms with E-state index in [-0.39, 0.29) is 28.6 Å². The average molecular weight is 468 g/mol. The smallest absolute Gasteiger partial charge is 0.314 e. The van der Waals surface area contributed by atoms with Gasteiger partial charge in [0.2, 0.25) is 5.82 Å². The van der Waals surface area contributed by atoms with Crippen molar-refractivity contribution in [3.8, 4) is 0 Å². The van der Waals surface area contributed by atoms with Crippen molar-refractivity contribution in [1.82, 2.24) is 14.9 Å². The summed E-state index contributed by atoms with van der Waals surface area (Å²) >= 11 is 0. The van der Waals surface area contributed by atoms with Crippen LogP contribution >= 0.6 is 0 Å². The lowest BCUT2D eigenvalue weighted by Gasteiger charge is -2.30. The number of imidazole rings is 1. The first-order chi connectivity index (χ1) is 15.6. The van der Waals surface area contributed by atoms with Crippen LogP contribution in [0.3, 0.4) is 0 Å². The van der Waals surface area contributed by atoms with E-state index in [0.717, 1.165) is 30.4 Å². The Balaban J connectivity index is 1.59. The fourth-order valence-electron chi connectivity index (χ4n) is 4.22. The molecule has 1 fully saturated rings. The van der Waals surface area contributed by atoms with Gasteiger partial charge in [0.15, 0.2) is 9.84 Å². The van der Waals surface area contributed by atoms with Gasteiger partial charge in [0.25, 0.3) is 5.82 Å². The molecule has 0 radical (unpaired) electrons. The molecule has 2 heterocycles. The number of nitrogens with one attached hydrogen (secondary N) is 2. The monoisotopic (exact) mass is 467 g/mol. The van der Waals surface area contributed by atoms with Crippen molar-refractivity contribution in [3.05, 3.63) is 58.8 Å². The minimum absolute atomic E-state index is 0.101. The number of benzene rings is 1. The summed E-state index contributed by atoms with van der Waals surface area (Å²) in [7, 11) is -2.92. The van der Waals surface area contributed by atoms with Gasteiger partial charge in [0.1, 0.15) is 0 Å². The first-order valence-corrected chi connectivity index (χ1v) is 13.0. The van der Waals surface area contributed by atoms with Gasteiger partial charge in [0, 0.05) is 30.9 Å². The van der Waals surface area contributed by atoms with E-state index in [9.17, 15) is 13.2 Å². The van der Waals surface area contributed by atoms with E-state index in [1.807, 2.05) is 12.1 Å². The highest BCUT2D eigenvalue weighted by Gasteiger charge is 2.25. The number of rotatable bonds is 5. The maximum Gasteiger partial charge on any atom is 0.314 e. The second kappa shape index (κ2) is 9.12. The van der Waals surface area contributed by atoms with Gasteiger partial charge in [0.05, 0.1) is 17.7 Å².